The third kappa shape index (κ3) is 4.56. The molecule has 0 aliphatic carbocycles. The zero-order valence-electron chi connectivity index (χ0n) is 16.6. The van der Waals surface area contributed by atoms with Crippen molar-refractivity contribution < 1.29 is 19.9 Å². The molecule has 154 valence electrons. The highest BCUT2D eigenvalue weighted by Gasteiger charge is 2.27. The molecule has 0 unspecified atom stereocenters. The fourth-order valence-corrected chi connectivity index (χ4v) is 4.18. The SMILES string of the molecule is O=C(C[NH+]1CCN(c2ccccc2O)CC1)N1CCN(c2ccc(O)cc2)CC1. The van der Waals surface area contributed by atoms with Gasteiger partial charge in [0, 0.05) is 31.9 Å². The fraction of sp³-hybridized carbons (Fsp3) is 0.409. The van der Waals surface area contributed by atoms with Crippen LogP contribution in [-0.2, 0) is 4.79 Å². The Morgan fingerprint density at radius 1 is 0.828 bits per heavy atom. The molecule has 0 bridgehead atoms. The lowest BCUT2D eigenvalue weighted by molar-refractivity contribution is -0.892. The minimum atomic E-state index is 0.223. The summed E-state index contributed by atoms with van der Waals surface area (Å²) < 4.78 is 0. The molecule has 2 heterocycles. The van der Waals surface area contributed by atoms with E-state index in [-0.39, 0.29) is 11.7 Å². The Morgan fingerprint density at radius 3 is 2.14 bits per heavy atom. The summed E-state index contributed by atoms with van der Waals surface area (Å²) in [6.45, 7) is 7.10. The van der Waals surface area contributed by atoms with Crippen LogP contribution in [0.2, 0.25) is 0 Å². The topological polar surface area (TPSA) is 71.7 Å². The van der Waals surface area contributed by atoms with Gasteiger partial charge in [0.15, 0.2) is 6.54 Å². The summed E-state index contributed by atoms with van der Waals surface area (Å²) in [5.74, 6) is 0.813. The van der Waals surface area contributed by atoms with E-state index in [0.29, 0.717) is 12.3 Å². The smallest absolute Gasteiger partial charge is 0.277 e. The Labute approximate surface area is 171 Å². The molecule has 29 heavy (non-hydrogen) atoms. The zero-order chi connectivity index (χ0) is 20.2. The molecule has 0 aromatic heterocycles. The molecule has 1 amide bonds. The average Bonchev–Trinajstić information content (AvgIpc) is 2.75. The second kappa shape index (κ2) is 8.61. The Balaban J connectivity index is 1.23. The number of rotatable bonds is 4. The van der Waals surface area contributed by atoms with Crippen LogP contribution in [0.25, 0.3) is 0 Å². The molecule has 0 saturated carbocycles. The van der Waals surface area contributed by atoms with Gasteiger partial charge in [0.25, 0.3) is 5.91 Å². The van der Waals surface area contributed by atoms with E-state index in [1.807, 2.05) is 35.2 Å². The zero-order valence-corrected chi connectivity index (χ0v) is 16.6. The van der Waals surface area contributed by atoms with Crippen molar-refractivity contribution in [1.82, 2.24) is 4.90 Å². The quantitative estimate of drug-likeness (QED) is 0.685. The molecule has 7 nitrogen and oxygen atoms in total. The van der Waals surface area contributed by atoms with Gasteiger partial charge in [-0.05, 0) is 36.4 Å². The summed E-state index contributed by atoms with van der Waals surface area (Å²) in [6.07, 6.45) is 0. The molecule has 2 fully saturated rings. The first-order valence-corrected chi connectivity index (χ1v) is 10.3. The van der Waals surface area contributed by atoms with E-state index in [4.69, 9.17) is 0 Å². The van der Waals surface area contributed by atoms with Crippen molar-refractivity contribution in [1.29, 1.82) is 0 Å². The maximum atomic E-state index is 12.8. The van der Waals surface area contributed by atoms with E-state index in [0.717, 1.165) is 63.7 Å². The van der Waals surface area contributed by atoms with E-state index >= 15 is 0 Å². The molecule has 3 N–H and O–H groups in total. The number of carbonyl (C=O) groups excluding carboxylic acids is 1. The van der Waals surface area contributed by atoms with E-state index in [1.54, 1.807) is 18.2 Å². The number of para-hydroxylation sites is 2. The van der Waals surface area contributed by atoms with Crippen LogP contribution >= 0.6 is 0 Å². The Kier molecular flexibility index (Phi) is 5.76. The van der Waals surface area contributed by atoms with Crippen LogP contribution in [0.1, 0.15) is 0 Å². The number of quaternary nitrogens is 1. The molecule has 2 aromatic rings. The fourth-order valence-electron chi connectivity index (χ4n) is 4.18. The van der Waals surface area contributed by atoms with Crippen molar-refractivity contribution in [2.24, 2.45) is 0 Å². The summed E-state index contributed by atoms with van der Waals surface area (Å²) in [5, 5.41) is 19.5. The van der Waals surface area contributed by atoms with Crippen LogP contribution in [0.15, 0.2) is 48.5 Å². The van der Waals surface area contributed by atoms with Gasteiger partial charge in [0.05, 0.1) is 31.9 Å². The number of hydrogen-bond donors (Lipinski definition) is 3. The van der Waals surface area contributed by atoms with Gasteiger partial charge in [0.1, 0.15) is 11.5 Å². The van der Waals surface area contributed by atoms with E-state index in [1.165, 1.54) is 4.90 Å². The lowest BCUT2D eigenvalue weighted by Gasteiger charge is -2.38. The second-order valence-electron chi connectivity index (χ2n) is 7.79. The first-order valence-electron chi connectivity index (χ1n) is 10.3. The molecule has 0 atom stereocenters. The molecule has 7 heteroatoms. The number of nitrogens with one attached hydrogen (secondary N) is 1. The lowest BCUT2D eigenvalue weighted by atomic mass is 10.2. The van der Waals surface area contributed by atoms with Crippen LogP contribution in [0.5, 0.6) is 11.5 Å². The van der Waals surface area contributed by atoms with Gasteiger partial charge in [-0.3, -0.25) is 4.79 Å². The third-order valence-corrected chi connectivity index (χ3v) is 5.94. The normalized spacial score (nSPS) is 18.1. The second-order valence-corrected chi connectivity index (χ2v) is 7.79. The molecule has 2 aliphatic rings. The predicted octanol–water partition coefficient (Wildman–Crippen LogP) is 0.152. The van der Waals surface area contributed by atoms with Gasteiger partial charge in [-0.25, -0.2) is 0 Å². The first-order chi connectivity index (χ1) is 14.1. The standard InChI is InChI=1S/C22H28N4O3/c27-19-7-5-18(6-8-19)24-13-15-26(16-14-24)22(29)17-23-9-11-25(12-10-23)20-3-1-2-4-21(20)28/h1-8,27-28H,9-17H2/p+1. The molecular weight excluding hydrogens is 368 g/mol. The van der Waals surface area contributed by atoms with Gasteiger partial charge < -0.3 is 29.8 Å². The maximum absolute atomic E-state index is 12.8. The van der Waals surface area contributed by atoms with Crippen LogP contribution < -0.4 is 14.7 Å². The minimum absolute atomic E-state index is 0.223. The maximum Gasteiger partial charge on any atom is 0.277 e. The highest BCUT2D eigenvalue weighted by atomic mass is 16.3. The number of nitrogens with zero attached hydrogens (tertiary/aromatic N) is 3. The van der Waals surface area contributed by atoms with Crippen molar-refractivity contribution in [3.8, 4) is 11.5 Å². The number of aromatic hydroxyl groups is 2. The summed E-state index contributed by atoms with van der Waals surface area (Å²) in [4.78, 5) is 20.5. The van der Waals surface area contributed by atoms with Crippen molar-refractivity contribution in [3.63, 3.8) is 0 Å². The van der Waals surface area contributed by atoms with E-state index in [9.17, 15) is 15.0 Å². The van der Waals surface area contributed by atoms with Gasteiger partial charge in [-0.1, -0.05) is 12.1 Å². The molecule has 4 rings (SSSR count). The molecule has 0 radical (unpaired) electrons. The highest BCUT2D eigenvalue weighted by molar-refractivity contribution is 5.77. The van der Waals surface area contributed by atoms with Gasteiger partial charge >= 0.3 is 0 Å². The number of carbonyl (C=O) groups is 1. The Hall–Kier alpha value is -2.93. The molecular formula is C22H29N4O3+. The lowest BCUT2D eigenvalue weighted by Crippen LogP contribution is -3.16. The molecule has 0 spiro atoms. The number of anilines is 2. The number of benzene rings is 2. The number of piperazine rings is 2. The monoisotopic (exact) mass is 397 g/mol. The van der Waals surface area contributed by atoms with Crippen molar-refractivity contribution >= 4 is 17.3 Å². The number of phenolic OH excluding ortho intramolecular Hbond substituents is 2. The number of amides is 1. The molecule has 2 aliphatic heterocycles. The van der Waals surface area contributed by atoms with Gasteiger partial charge in [-0.15, -0.1) is 0 Å². The van der Waals surface area contributed by atoms with Gasteiger partial charge in [-0.2, -0.15) is 0 Å². The molecule has 2 aromatic carbocycles. The van der Waals surface area contributed by atoms with Crippen LogP contribution in [0.3, 0.4) is 0 Å². The summed E-state index contributed by atoms with van der Waals surface area (Å²) in [7, 11) is 0. The van der Waals surface area contributed by atoms with Crippen LogP contribution in [0.4, 0.5) is 11.4 Å². The summed E-state index contributed by atoms with van der Waals surface area (Å²) in [5.41, 5.74) is 1.96. The highest BCUT2D eigenvalue weighted by Crippen LogP contribution is 2.26. The first kappa shape index (κ1) is 19.4. The Morgan fingerprint density at radius 2 is 1.48 bits per heavy atom. The summed E-state index contributed by atoms with van der Waals surface area (Å²) >= 11 is 0. The minimum Gasteiger partial charge on any atom is -0.508 e. The molecule has 2 saturated heterocycles. The predicted molar refractivity (Wildman–Crippen MR) is 113 cm³/mol. The number of hydrogen-bond acceptors (Lipinski definition) is 5. The van der Waals surface area contributed by atoms with Crippen molar-refractivity contribution in [2.75, 3.05) is 68.7 Å². The van der Waals surface area contributed by atoms with Crippen molar-refractivity contribution in [2.45, 2.75) is 0 Å². The largest absolute Gasteiger partial charge is 0.508 e. The van der Waals surface area contributed by atoms with Crippen LogP contribution in [0, 0.1) is 0 Å². The van der Waals surface area contributed by atoms with Crippen molar-refractivity contribution in [3.05, 3.63) is 48.5 Å². The van der Waals surface area contributed by atoms with Crippen LogP contribution in [-0.4, -0.2) is 79.9 Å². The third-order valence-electron chi connectivity index (χ3n) is 5.94. The summed E-state index contributed by atoms with van der Waals surface area (Å²) in [6, 6.07) is 14.7. The van der Waals surface area contributed by atoms with Gasteiger partial charge in [0.2, 0.25) is 0 Å². The number of phenols is 2. The van der Waals surface area contributed by atoms with E-state index in [2.05, 4.69) is 9.80 Å². The van der Waals surface area contributed by atoms with E-state index < -0.39 is 0 Å². The Bertz CT molecular complexity index is 826. The average molecular weight is 397 g/mol.